The molecule has 0 radical (unpaired) electrons. The van der Waals surface area contributed by atoms with E-state index < -0.39 is 0 Å². The summed E-state index contributed by atoms with van der Waals surface area (Å²) in [6, 6.07) is 0. The fourth-order valence-electron chi connectivity index (χ4n) is 0.949. The van der Waals surface area contributed by atoms with Crippen LogP contribution in [0.5, 0.6) is 0 Å². The van der Waals surface area contributed by atoms with Crippen LogP contribution in [0.4, 0.5) is 0 Å². The Bertz CT molecular complexity index is 166. The quantitative estimate of drug-likeness (QED) is 0.552. The van der Waals surface area contributed by atoms with Gasteiger partial charge in [-0.25, -0.2) is 0 Å². The first kappa shape index (κ1) is 14.1. The zero-order chi connectivity index (χ0) is 11.5. The van der Waals surface area contributed by atoms with Crippen molar-refractivity contribution in [3.8, 4) is 0 Å². The largest absolute Gasteiger partial charge is 0.491 e. The second-order valence-electron chi connectivity index (χ2n) is 3.39. The average Bonchev–Trinajstić information content (AvgIpc) is 2.26. The number of rotatable bonds is 9. The van der Waals surface area contributed by atoms with Crippen LogP contribution < -0.4 is 0 Å². The topological polar surface area (TPSA) is 27.7 Å². The van der Waals surface area contributed by atoms with E-state index in [9.17, 15) is 0 Å². The minimum absolute atomic E-state index is 0.548. The van der Waals surface area contributed by atoms with E-state index in [0.717, 1.165) is 25.0 Å². The van der Waals surface area contributed by atoms with Crippen molar-refractivity contribution in [2.24, 2.45) is 0 Å². The summed E-state index contributed by atoms with van der Waals surface area (Å²) in [6.45, 7) is 10.2. The zero-order valence-electron chi connectivity index (χ0n) is 10.5. The Morgan fingerprint density at radius 1 is 0.733 bits per heavy atom. The third-order valence-electron chi connectivity index (χ3n) is 1.68. The van der Waals surface area contributed by atoms with Gasteiger partial charge in [-0.05, 0) is 19.3 Å². The average molecular weight is 216 g/mol. The van der Waals surface area contributed by atoms with E-state index in [0.29, 0.717) is 25.8 Å². The predicted molar refractivity (Wildman–Crippen MR) is 61.4 cm³/mol. The molecule has 0 N–H and O–H groups in total. The lowest BCUT2D eigenvalue weighted by Crippen LogP contribution is -2.05. The van der Waals surface area contributed by atoms with E-state index in [-0.39, 0.29) is 0 Å². The van der Waals surface area contributed by atoms with Gasteiger partial charge in [0.1, 0.15) is 0 Å². The molecule has 0 aromatic rings. The van der Waals surface area contributed by atoms with E-state index in [4.69, 9.17) is 14.2 Å². The molecule has 0 fully saturated rings. The SMILES string of the molecule is CCCOC(C)=C(OCCC)OCCC. The zero-order valence-corrected chi connectivity index (χ0v) is 10.5. The lowest BCUT2D eigenvalue weighted by molar-refractivity contribution is 0.0130. The van der Waals surface area contributed by atoms with Crippen LogP contribution >= 0.6 is 0 Å². The van der Waals surface area contributed by atoms with E-state index in [1.807, 2.05) is 6.92 Å². The van der Waals surface area contributed by atoms with Gasteiger partial charge in [0.25, 0.3) is 0 Å². The van der Waals surface area contributed by atoms with Gasteiger partial charge in [-0.1, -0.05) is 20.8 Å². The fourth-order valence-corrected chi connectivity index (χ4v) is 0.949. The molecule has 0 aromatic heterocycles. The Morgan fingerprint density at radius 3 is 1.53 bits per heavy atom. The molecular weight excluding hydrogens is 192 g/mol. The minimum atomic E-state index is 0.548. The Morgan fingerprint density at radius 2 is 1.13 bits per heavy atom. The van der Waals surface area contributed by atoms with Crippen molar-refractivity contribution in [1.29, 1.82) is 0 Å². The van der Waals surface area contributed by atoms with Crippen molar-refractivity contribution >= 4 is 0 Å². The molecule has 0 bridgehead atoms. The molecule has 0 saturated heterocycles. The molecule has 0 aromatic carbocycles. The smallest absolute Gasteiger partial charge is 0.318 e. The van der Waals surface area contributed by atoms with Crippen LogP contribution in [-0.4, -0.2) is 19.8 Å². The molecule has 0 aliphatic rings. The minimum Gasteiger partial charge on any atom is -0.491 e. The van der Waals surface area contributed by atoms with Gasteiger partial charge in [0.2, 0.25) is 0 Å². The molecule has 15 heavy (non-hydrogen) atoms. The molecule has 0 unspecified atom stereocenters. The van der Waals surface area contributed by atoms with Crippen LogP contribution in [-0.2, 0) is 14.2 Å². The summed E-state index contributed by atoms with van der Waals surface area (Å²) in [5.74, 6) is 1.30. The van der Waals surface area contributed by atoms with E-state index in [2.05, 4.69) is 20.8 Å². The predicted octanol–water partition coefficient (Wildman–Crippen LogP) is 3.46. The number of hydrogen-bond donors (Lipinski definition) is 0. The first-order valence-electron chi connectivity index (χ1n) is 5.85. The molecule has 0 saturated carbocycles. The lowest BCUT2D eigenvalue weighted by atomic mass is 10.5. The second kappa shape index (κ2) is 9.69. The molecule has 3 nitrogen and oxygen atoms in total. The van der Waals surface area contributed by atoms with Crippen LogP contribution in [0.2, 0.25) is 0 Å². The van der Waals surface area contributed by atoms with E-state index in [1.165, 1.54) is 0 Å². The Labute approximate surface area is 93.4 Å². The molecule has 0 aliphatic carbocycles. The van der Waals surface area contributed by atoms with Crippen molar-refractivity contribution in [2.45, 2.75) is 47.0 Å². The molecular formula is C12H24O3. The maximum absolute atomic E-state index is 5.48. The van der Waals surface area contributed by atoms with Crippen molar-refractivity contribution in [1.82, 2.24) is 0 Å². The molecule has 0 atom stereocenters. The molecule has 0 amide bonds. The van der Waals surface area contributed by atoms with Crippen molar-refractivity contribution < 1.29 is 14.2 Å². The van der Waals surface area contributed by atoms with Crippen LogP contribution in [0.15, 0.2) is 11.7 Å². The third kappa shape index (κ3) is 7.11. The van der Waals surface area contributed by atoms with Gasteiger partial charge in [-0.15, -0.1) is 0 Å². The monoisotopic (exact) mass is 216 g/mol. The lowest BCUT2D eigenvalue weighted by Gasteiger charge is -2.14. The van der Waals surface area contributed by atoms with Crippen LogP contribution in [0, 0.1) is 0 Å². The summed E-state index contributed by atoms with van der Waals surface area (Å²) < 4.78 is 16.4. The van der Waals surface area contributed by atoms with E-state index >= 15 is 0 Å². The highest BCUT2D eigenvalue weighted by Gasteiger charge is 2.06. The first-order chi connectivity index (χ1) is 7.26. The molecule has 90 valence electrons. The van der Waals surface area contributed by atoms with Gasteiger partial charge >= 0.3 is 5.95 Å². The maximum Gasteiger partial charge on any atom is 0.318 e. The summed E-state index contributed by atoms with van der Waals surface area (Å²) in [7, 11) is 0. The van der Waals surface area contributed by atoms with E-state index in [1.54, 1.807) is 0 Å². The van der Waals surface area contributed by atoms with Gasteiger partial charge in [0.15, 0.2) is 5.76 Å². The van der Waals surface area contributed by atoms with Crippen molar-refractivity contribution in [3.63, 3.8) is 0 Å². The summed E-state index contributed by atoms with van der Waals surface area (Å²) in [5, 5.41) is 0. The summed E-state index contributed by atoms with van der Waals surface area (Å²) in [6.07, 6.45) is 2.94. The standard InChI is InChI=1S/C12H24O3/c1-5-8-13-11(4)12(14-9-6-2)15-10-7-3/h5-10H2,1-4H3. The molecule has 0 spiro atoms. The number of ether oxygens (including phenoxy) is 3. The molecule has 0 rings (SSSR count). The third-order valence-corrected chi connectivity index (χ3v) is 1.68. The normalized spacial score (nSPS) is 9.60. The molecule has 0 aliphatic heterocycles. The van der Waals surface area contributed by atoms with Gasteiger partial charge in [-0.2, -0.15) is 0 Å². The van der Waals surface area contributed by atoms with Crippen LogP contribution in [0.3, 0.4) is 0 Å². The Kier molecular flexibility index (Phi) is 9.13. The van der Waals surface area contributed by atoms with Crippen LogP contribution in [0.1, 0.15) is 47.0 Å². The highest BCUT2D eigenvalue weighted by atomic mass is 16.7. The Hall–Kier alpha value is -0.860. The van der Waals surface area contributed by atoms with Gasteiger partial charge in [0, 0.05) is 6.92 Å². The fraction of sp³-hybridized carbons (Fsp3) is 0.833. The first-order valence-corrected chi connectivity index (χ1v) is 5.85. The maximum atomic E-state index is 5.48. The number of allylic oxidation sites excluding steroid dienone is 1. The van der Waals surface area contributed by atoms with Gasteiger partial charge in [-0.3, -0.25) is 0 Å². The Balaban J connectivity index is 4.14. The number of hydrogen-bond acceptors (Lipinski definition) is 3. The van der Waals surface area contributed by atoms with Gasteiger partial charge < -0.3 is 14.2 Å². The summed E-state index contributed by atoms with van der Waals surface area (Å²) >= 11 is 0. The molecule has 3 heteroatoms. The highest BCUT2D eigenvalue weighted by molar-refractivity contribution is 4.90. The van der Waals surface area contributed by atoms with Crippen LogP contribution in [0.25, 0.3) is 0 Å². The second-order valence-corrected chi connectivity index (χ2v) is 3.39. The molecule has 0 heterocycles. The van der Waals surface area contributed by atoms with Crippen molar-refractivity contribution in [2.75, 3.05) is 19.8 Å². The van der Waals surface area contributed by atoms with Gasteiger partial charge in [0.05, 0.1) is 19.8 Å². The highest BCUT2D eigenvalue weighted by Crippen LogP contribution is 2.10. The summed E-state index contributed by atoms with van der Waals surface area (Å²) in [4.78, 5) is 0. The van der Waals surface area contributed by atoms with Crippen molar-refractivity contribution in [3.05, 3.63) is 11.7 Å². The summed E-state index contributed by atoms with van der Waals surface area (Å²) in [5.41, 5.74) is 0.